The van der Waals surface area contributed by atoms with Gasteiger partial charge in [-0.2, -0.15) is 0 Å². The van der Waals surface area contributed by atoms with Crippen LogP contribution >= 0.6 is 0 Å². The molecule has 0 unspecified atom stereocenters. The molecule has 1 heterocycles. The first-order valence-corrected chi connectivity index (χ1v) is 8.72. The molecule has 1 amide bonds. The summed E-state index contributed by atoms with van der Waals surface area (Å²) in [6, 6.07) is 14.8. The number of amides is 1. The van der Waals surface area contributed by atoms with Gasteiger partial charge in [0.25, 0.3) is 0 Å². The van der Waals surface area contributed by atoms with Crippen molar-refractivity contribution < 1.29 is 14.1 Å². The number of nitrogens with zero attached hydrogens (tertiary/aromatic N) is 1. The highest BCUT2D eigenvalue weighted by atomic mass is 19.1. The number of nitrogens with one attached hydrogen (secondary N) is 1. The van der Waals surface area contributed by atoms with Gasteiger partial charge in [0.2, 0.25) is 5.91 Å². The summed E-state index contributed by atoms with van der Waals surface area (Å²) in [5, 5.41) is 0. The number of hydrogen-bond donors (Lipinski definition) is 1. The van der Waals surface area contributed by atoms with Gasteiger partial charge in [0, 0.05) is 11.6 Å². The molecule has 2 aromatic carbocycles. The Hall–Kier alpha value is -2.46. The average molecular weight is 339 g/mol. The predicted molar refractivity (Wildman–Crippen MR) is 97.6 cm³/mol. The van der Waals surface area contributed by atoms with Gasteiger partial charge in [0.15, 0.2) is 0 Å². The van der Waals surface area contributed by atoms with E-state index in [0.29, 0.717) is 0 Å². The van der Waals surface area contributed by atoms with Crippen LogP contribution in [-0.4, -0.2) is 37.0 Å². The molecule has 0 aliphatic carbocycles. The number of rotatable bonds is 4. The Balaban J connectivity index is 1.49. The number of piperazine rings is 1. The Bertz CT molecular complexity index is 747. The zero-order valence-corrected chi connectivity index (χ0v) is 14.5. The van der Waals surface area contributed by atoms with Crippen molar-refractivity contribution in [1.82, 2.24) is 4.90 Å². The van der Waals surface area contributed by atoms with Gasteiger partial charge in [0.1, 0.15) is 12.4 Å². The van der Waals surface area contributed by atoms with Gasteiger partial charge in [-0.15, -0.1) is 0 Å². The van der Waals surface area contributed by atoms with Gasteiger partial charge in [-0.1, -0.05) is 42.0 Å². The molecule has 1 aliphatic heterocycles. The molecule has 3 rings (SSSR count). The molecule has 0 aromatic heterocycles. The maximum absolute atomic E-state index is 12.9. The third-order valence-corrected chi connectivity index (χ3v) is 4.61. The van der Waals surface area contributed by atoms with Crippen LogP contribution in [0.25, 0.3) is 6.08 Å². The van der Waals surface area contributed by atoms with E-state index in [-0.39, 0.29) is 11.7 Å². The summed E-state index contributed by atoms with van der Waals surface area (Å²) in [5.74, 6) is -0.241. The van der Waals surface area contributed by atoms with Crippen molar-refractivity contribution in [3.8, 4) is 0 Å². The van der Waals surface area contributed by atoms with Crippen molar-refractivity contribution in [3.63, 3.8) is 0 Å². The molecule has 1 N–H and O–H groups in total. The fraction of sp³-hybridized carbons (Fsp3) is 0.286. The molecule has 25 heavy (non-hydrogen) atoms. The lowest BCUT2D eigenvalue weighted by molar-refractivity contribution is -0.917. The van der Waals surface area contributed by atoms with E-state index in [4.69, 9.17) is 0 Å². The normalized spacial score (nSPS) is 15.7. The summed E-state index contributed by atoms with van der Waals surface area (Å²) in [6.07, 6.45) is 3.33. The van der Waals surface area contributed by atoms with Crippen molar-refractivity contribution in [3.05, 3.63) is 77.1 Å². The minimum Gasteiger partial charge on any atom is -0.328 e. The van der Waals surface area contributed by atoms with Crippen LogP contribution in [0.15, 0.2) is 54.6 Å². The molecule has 0 radical (unpaired) electrons. The maximum Gasteiger partial charge on any atom is 0.246 e. The van der Waals surface area contributed by atoms with E-state index in [1.54, 1.807) is 24.3 Å². The number of halogens is 1. The third kappa shape index (κ3) is 5.00. The second kappa shape index (κ2) is 8.08. The number of hydrogen-bond acceptors (Lipinski definition) is 1. The van der Waals surface area contributed by atoms with Crippen LogP contribution in [-0.2, 0) is 11.3 Å². The summed E-state index contributed by atoms with van der Waals surface area (Å²) in [6.45, 7) is 6.59. The molecule has 2 aromatic rings. The Kier molecular flexibility index (Phi) is 5.61. The highest BCUT2D eigenvalue weighted by Gasteiger charge is 2.22. The zero-order chi connectivity index (χ0) is 17.6. The molecule has 3 nitrogen and oxygen atoms in total. The van der Waals surface area contributed by atoms with Gasteiger partial charge >= 0.3 is 0 Å². The Morgan fingerprint density at radius 2 is 1.88 bits per heavy atom. The monoisotopic (exact) mass is 339 g/mol. The number of benzene rings is 2. The van der Waals surface area contributed by atoms with Gasteiger partial charge in [-0.05, 0) is 30.7 Å². The zero-order valence-electron chi connectivity index (χ0n) is 14.5. The Labute approximate surface area is 148 Å². The first-order chi connectivity index (χ1) is 12.1. The largest absolute Gasteiger partial charge is 0.328 e. The smallest absolute Gasteiger partial charge is 0.246 e. The minimum absolute atomic E-state index is 0.0268. The molecular formula is C21H24FN2O+. The van der Waals surface area contributed by atoms with E-state index in [1.807, 2.05) is 4.90 Å². The Morgan fingerprint density at radius 3 is 2.56 bits per heavy atom. The van der Waals surface area contributed by atoms with E-state index in [1.165, 1.54) is 28.2 Å². The fourth-order valence-electron chi connectivity index (χ4n) is 3.18. The van der Waals surface area contributed by atoms with Crippen LogP contribution in [0, 0.1) is 12.7 Å². The second-order valence-corrected chi connectivity index (χ2v) is 6.63. The molecule has 0 saturated carbocycles. The summed E-state index contributed by atoms with van der Waals surface area (Å²) < 4.78 is 12.9. The summed E-state index contributed by atoms with van der Waals surface area (Å²) in [7, 11) is 0. The van der Waals surface area contributed by atoms with Gasteiger partial charge in [-0.3, -0.25) is 4.79 Å². The van der Waals surface area contributed by atoms with Crippen LogP contribution in [0.2, 0.25) is 0 Å². The van der Waals surface area contributed by atoms with Gasteiger partial charge in [0.05, 0.1) is 26.2 Å². The summed E-state index contributed by atoms with van der Waals surface area (Å²) >= 11 is 0. The van der Waals surface area contributed by atoms with E-state index in [0.717, 1.165) is 38.3 Å². The Morgan fingerprint density at radius 1 is 1.16 bits per heavy atom. The number of quaternary nitrogens is 1. The van der Waals surface area contributed by atoms with Crippen LogP contribution < -0.4 is 4.90 Å². The standard InChI is InChI=1S/C21H23FN2O/c1-17-3-2-4-19(15-17)16-23-11-13-24(14-12-23)21(25)10-7-18-5-8-20(22)9-6-18/h2-10,15H,11-14,16H2,1H3/p+1/b10-7+. The van der Waals surface area contributed by atoms with Gasteiger partial charge < -0.3 is 9.80 Å². The number of carbonyl (C=O) groups excluding carboxylic acids is 1. The molecule has 0 spiro atoms. The van der Waals surface area contributed by atoms with E-state index >= 15 is 0 Å². The second-order valence-electron chi connectivity index (χ2n) is 6.63. The molecule has 130 valence electrons. The molecule has 1 aliphatic rings. The van der Waals surface area contributed by atoms with Crippen LogP contribution in [0.4, 0.5) is 4.39 Å². The van der Waals surface area contributed by atoms with E-state index in [2.05, 4.69) is 31.2 Å². The number of aryl methyl sites for hydroxylation is 1. The molecule has 0 bridgehead atoms. The van der Waals surface area contributed by atoms with E-state index in [9.17, 15) is 9.18 Å². The molecule has 1 saturated heterocycles. The number of carbonyl (C=O) groups is 1. The maximum atomic E-state index is 12.9. The van der Waals surface area contributed by atoms with Crippen molar-refractivity contribution in [1.29, 1.82) is 0 Å². The third-order valence-electron chi connectivity index (χ3n) is 4.61. The first kappa shape index (κ1) is 17.4. The average Bonchev–Trinajstić information content (AvgIpc) is 2.62. The minimum atomic E-state index is -0.267. The van der Waals surface area contributed by atoms with Crippen molar-refractivity contribution in [2.75, 3.05) is 26.2 Å². The first-order valence-electron chi connectivity index (χ1n) is 8.72. The van der Waals surface area contributed by atoms with Crippen molar-refractivity contribution in [2.45, 2.75) is 13.5 Å². The highest BCUT2D eigenvalue weighted by molar-refractivity contribution is 5.91. The molecule has 4 heteroatoms. The topological polar surface area (TPSA) is 24.8 Å². The quantitative estimate of drug-likeness (QED) is 0.848. The molecule has 1 fully saturated rings. The van der Waals surface area contributed by atoms with Crippen LogP contribution in [0.3, 0.4) is 0 Å². The van der Waals surface area contributed by atoms with Crippen molar-refractivity contribution >= 4 is 12.0 Å². The molecular weight excluding hydrogens is 315 g/mol. The SMILES string of the molecule is Cc1cccc(C[NH+]2CCN(C(=O)/C=C/c3ccc(F)cc3)CC2)c1. The van der Waals surface area contributed by atoms with Crippen LogP contribution in [0.1, 0.15) is 16.7 Å². The van der Waals surface area contributed by atoms with Gasteiger partial charge in [-0.25, -0.2) is 4.39 Å². The lowest BCUT2D eigenvalue weighted by Gasteiger charge is -2.31. The molecule has 0 atom stereocenters. The van der Waals surface area contributed by atoms with E-state index < -0.39 is 0 Å². The fourth-order valence-corrected chi connectivity index (χ4v) is 3.18. The van der Waals surface area contributed by atoms with Crippen molar-refractivity contribution in [2.24, 2.45) is 0 Å². The summed E-state index contributed by atoms with van der Waals surface area (Å²) in [4.78, 5) is 15.7. The van der Waals surface area contributed by atoms with Crippen LogP contribution in [0.5, 0.6) is 0 Å². The highest BCUT2D eigenvalue weighted by Crippen LogP contribution is 2.06. The predicted octanol–water partition coefficient (Wildman–Crippen LogP) is 2.07. The summed E-state index contributed by atoms with van der Waals surface area (Å²) in [5.41, 5.74) is 3.47. The lowest BCUT2D eigenvalue weighted by atomic mass is 10.1. The lowest BCUT2D eigenvalue weighted by Crippen LogP contribution is -3.13.